The standard InChI is InChI=1S/C16H15ClO3/c1-10-8-12(19-2)5-6-13(10)16(18)14-9-11(17)4-7-15(14)20-3/h4-9H,1-3H3. The summed E-state index contributed by atoms with van der Waals surface area (Å²) in [6.07, 6.45) is 0. The molecule has 3 nitrogen and oxygen atoms in total. The Morgan fingerprint density at radius 3 is 2.35 bits per heavy atom. The number of methoxy groups -OCH3 is 2. The van der Waals surface area contributed by atoms with Gasteiger partial charge in [-0.2, -0.15) is 0 Å². The summed E-state index contributed by atoms with van der Waals surface area (Å²) >= 11 is 5.97. The van der Waals surface area contributed by atoms with Gasteiger partial charge in [0.2, 0.25) is 0 Å². The Hall–Kier alpha value is -2.00. The van der Waals surface area contributed by atoms with Crippen LogP contribution in [0.1, 0.15) is 21.5 Å². The maximum atomic E-state index is 12.6. The van der Waals surface area contributed by atoms with E-state index in [9.17, 15) is 4.79 Å². The molecule has 2 aromatic rings. The van der Waals surface area contributed by atoms with E-state index in [4.69, 9.17) is 21.1 Å². The maximum Gasteiger partial charge on any atom is 0.197 e. The molecule has 0 aliphatic rings. The number of ether oxygens (including phenoxy) is 2. The molecule has 20 heavy (non-hydrogen) atoms. The van der Waals surface area contributed by atoms with Gasteiger partial charge in [-0.15, -0.1) is 0 Å². The van der Waals surface area contributed by atoms with Crippen LogP contribution in [-0.4, -0.2) is 20.0 Å². The van der Waals surface area contributed by atoms with Crippen molar-refractivity contribution in [3.05, 3.63) is 58.1 Å². The van der Waals surface area contributed by atoms with Crippen molar-refractivity contribution < 1.29 is 14.3 Å². The van der Waals surface area contributed by atoms with Crippen LogP contribution in [0.25, 0.3) is 0 Å². The van der Waals surface area contributed by atoms with Crippen molar-refractivity contribution in [2.24, 2.45) is 0 Å². The average Bonchev–Trinajstić information content (AvgIpc) is 2.46. The predicted octanol–water partition coefficient (Wildman–Crippen LogP) is 3.90. The zero-order chi connectivity index (χ0) is 14.7. The second-order valence-corrected chi connectivity index (χ2v) is 4.79. The number of carbonyl (C=O) groups excluding carboxylic acids is 1. The summed E-state index contributed by atoms with van der Waals surface area (Å²) in [5.74, 6) is 1.11. The van der Waals surface area contributed by atoms with Crippen molar-refractivity contribution in [1.29, 1.82) is 0 Å². The van der Waals surface area contributed by atoms with Crippen LogP contribution >= 0.6 is 11.6 Å². The second kappa shape index (κ2) is 5.97. The zero-order valence-corrected chi connectivity index (χ0v) is 12.3. The van der Waals surface area contributed by atoms with E-state index >= 15 is 0 Å². The van der Waals surface area contributed by atoms with E-state index in [2.05, 4.69) is 0 Å². The molecule has 0 unspecified atom stereocenters. The number of halogens is 1. The van der Waals surface area contributed by atoms with E-state index in [-0.39, 0.29) is 5.78 Å². The smallest absolute Gasteiger partial charge is 0.197 e. The monoisotopic (exact) mass is 290 g/mol. The first-order valence-electron chi connectivity index (χ1n) is 6.09. The number of carbonyl (C=O) groups is 1. The summed E-state index contributed by atoms with van der Waals surface area (Å²) < 4.78 is 10.4. The van der Waals surface area contributed by atoms with Crippen molar-refractivity contribution in [2.45, 2.75) is 6.92 Å². The Morgan fingerprint density at radius 1 is 1.00 bits per heavy atom. The molecule has 0 fully saturated rings. The highest BCUT2D eigenvalue weighted by molar-refractivity contribution is 6.31. The summed E-state index contributed by atoms with van der Waals surface area (Å²) in [7, 11) is 3.12. The van der Waals surface area contributed by atoms with Gasteiger partial charge in [-0.1, -0.05) is 11.6 Å². The largest absolute Gasteiger partial charge is 0.497 e. The summed E-state index contributed by atoms with van der Waals surface area (Å²) in [6.45, 7) is 1.87. The van der Waals surface area contributed by atoms with Crippen LogP contribution in [0.4, 0.5) is 0 Å². The molecule has 104 valence electrons. The summed E-state index contributed by atoms with van der Waals surface area (Å²) in [5.41, 5.74) is 1.90. The Balaban J connectivity index is 2.48. The summed E-state index contributed by atoms with van der Waals surface area (Å²) in [4.78, 5) is 12.6. The molecule has 0 heterocycles. The average molecular weight is 291 g/mol. The first-order valence-corrected chi connectivity index (χ1v) is 6.47. The van der Waals surface area contributed by atoms with Crippen molar-refractivity contribution in [1.82, 2.24) is 0 Å². The fourth-order valence-electron chi connectivity index (χ4n) is 2.02. The lowest BCUT2D eigenvalue weighted by molar-refractivity contribution is 0.103. The van der Waals surface area contributed by atoms with Gasteiger partial charge in [0, 0.05) is 10.6 Å². The zero-order valence-electron chi connectivity index (χ0n) is 11.6. The minimum Gasteiger partial charge on any atom is -0.497 e. The molecule has 0 atom stereocenters. The Morgan fingerprint density at radius 2 is 1.75 bits per heavy atom. The van der Waals surface area contributed by atoms with E-state index in [1.807, 2.05) is 13.0 Å². The lowest BCUT2D eigenvalue weighted by atomic mass is 9.98. The van der Waals surface area contributed by atoms with Gasteiger partial charge in [0.15, 0.2) is 5.78 Å². The molecule has 2 aromatic carbocycles. The number of ketones is 1. The molecule has 0 radical (unpaired) electrons. The Kier molecular flexibility index (Phi) is 4.30. The minimum absolute atomic E-state index is 0.121. The van der Waals surface area contributed by atoms with Crippen molar-refractivity contribution in [3.63, 3.8) is 0 Å². The van der Waals surface area contributed by atoms with E-state index in [1.54, 1.807) is 37.4 Å². The van der Waals surface area contributed by atoms with Crippen LogP contribution in [0.15, 0.2) is 36.4 Å². The number of rotatable bonds is 4. The van der Waals surface area contributed by atoms with Crippen LogP contribution in [-0.2, 0) is 0 Å². The first-order chi connectivity index (χ1) is 9.56. The highest BCUT2D eigenvalue weighted by Gasteiger charge is 2.17. The van der Waals surface area contributed by atoms with E-state index in [0.29, 0.717) is 21.9 Å². The highest BCUT2D eigenvalue weighted by Crippen LogP contribution is 2.27. The topological polar surface area (TPSA) is 35.5 Å². The third-order valence-electron chi connectivity index (χ3n) is 3.08. The highest BCUT2D eigenvalue weighted by atomic mass is 35.5. The lowest BCUT2D eigenvalue weighted by Gasteiger charge is -2.11. The minimum atomic E-state index is -0.121. The molecule has 4 heteroatoms. The Labute approximate surface area is 123 Å². The molecule has 0 N–H and O–H groups in total. The molecule has 2 rings (SSSR count). The van der Waals surface area contributed by atoms with Crippen LogP contribution in [0.3, 0.4) is 0 Å². The summed E-state index contributed by atoms with van der Waals surface area (Å²) in [6, 6.07) is 10.3. The fourth-order valence-corrected chi connectivity index (χ4v) is 2.19. The third kappa shape index (κ3) is 2.78. The molecular weight excluding hydrogens is 276 g/mol. The van der Waals surface area contributed by atoms with Crippen LogP contribution in [0, 0.1) is 6.92 Å². The first kappa shape index (κ1) is 14.4. The number of benzene rings is 2. The van der Waals surface area contributed by atoms with E-state index in [0.717, 1.165) is 11.3 Å². The lowest BCUT2D eigenvalue weighted by Crippen LogP contribution is -2.06. The predicted molar refractivity (Wildman–Crippen MR) is 79.2 cm³/mol. The molecule has 0 aliphatic heterocycles. The van der Waals surface area contributed by atoms with Crippen molar-refractivity contribution in [2.75, 3.05) is 14.2 Å². The van der Waals surface area contributed by atoms with E-state index < -0.39 is 0 Å². The molecular formula is C16H15ClO3. The van der Waals surface area contributed by atoms with Crippen molar-refractivity contribution in [3.8, 4) is 11.5 Å². The van der Waals surface area contributed by atoms with Gasteiger partial charge in [0.1, 0.15) is 11.5 Å². The fraction of sp³-hybridized carbons (Fsp3) is 0.188. The van der Waals surface area contributed by atoms with Gasteiger partial charge < -0.3 is 9.47 Å². The molecule has 0 aliphatic carbocycles. The molecule has 0 spiro atoms. The van der Waals surface area contributed by atoms with Gasteiger partial charge in [0.25, 0.3) is 0 Å². The number of hydrogen-bond donors (Lipinski definition) is 0. The molecule has 0 amide bonds. The Bertz CT molecular complexity index is 650. The molecule has 0 aromatic heterocycles. The summed E-state index contributed by atoms with van der Waals surface area (Å²) in [5, 5.41) is 0.500. The van der Waals surface area contributed by atoms with Crippen LogP contribution in [0.2, 0.25) is 5.02 Å². The van der Waals surface area contributed by atoms with Crippen LogP contribution in [0.5, 0.6) is 11.5 Å². The molecule has 0 saturated carbocycles. The molecule has 0 bridgehead atoms. The normalized spacial score (nSPS) is 10.2. The van der Waals surface area contributed by atoms with Gasteiger partial charge in [-0.05, 0) is 48.9 Å². The van der Waals surface area contributed by atoms with Crippen LogP contribution < -0.4 is 9.47 Å². The maximum absolute atomic E-state index is 12.6. The quantitative estimate of drug-likeness (QED) is 0.801. The van der Waals surface area contributed by atoms with Gasteiger partial charge in [-0.25, -0.2) is 0 Å². The van der Waals surface area contributed by atoms with E-state index in [1.165, 1.54) is 7.11 Å². The molecule has 0 saturated heterocycles. The van der Waals surface area contributed by atoms with Gasteiger partial charge in [-0.3, -0.25) is 4.79 Å². The number of hydrogen-bond acceptors (Lipinski definition) is 3. The van der Waals surface area contributed by atoms with Gasteiger partial charge in [0.05, 0.1) is 19.8 Å². The third-order valence-corrected chi connectivity index (χ3v) is 3.32. The second-order valence-electron chi connectivity index (χ2n) is 4.35. The SMILES string of the molecule is COc1ccc(C(=O)c2cc(Cl)ccc2OC)c(C)c1. The van der Waals surface area contributed by atoms with Gasteiger partial charge >= 0.3 is 0 Å². The van der Waals surface area contributed by atoms with Crippen molar-refractivity contribution >= 4 is 17.4 Å². The number of aryl methyl sites for hydroxylation is 1.